The molecule has 0 bridgehead atoms. The number of amides is 3. The van der Waals surface area contributed by atoms with Crippen molar-refractivity contribution in [3.63, 3.8) is 0 Å². The summed E-state index contributed by atoms with van der Waals surface area (Å²) in [7, 11) is 0. The number of aliphatic hydroxyl groups is 2. The number of hydrogen-bond acceptors (Lipinski definition) is 9. The molecule has 15 nitrogen and oxygen atoms in total. The predicted molar refractivity (Wildman–Crippen MR) is 90.1 cm³/mol. The van der Waals surface area contributed by atoms with Crippen LogP contribution in [0.25, 0.3) is 0 Å². The maximum Gasteiger partial charge on any atom is 0.326 e. The maximum atomic E-state index is 12.1. The Morgan fingerprint density at radius 1 is 0.655 bits per heavy atom. The highest BCUT2D eigenvalue weighted by Gasteiger charge is 2.30. The quantitative estimate of drug-likeness (QED) is 0.135. The number of carboxylic acid groups (broad SMARTS) is 3. The van der Waals surface area contributed by atoms with Gasteiger partial charge in [0.05, 0.1) is 32.1 Å². The fourth-order valence-electron chi connectivity index (χ4n) is 1.87. The van der Waals surface area contributed by atoms with Crippen molar-refractivity contribution in [1.82, 2.24) is 16.0 Å². The Hall–Kier alpha value is -3.30. The summed E-state index contributed by atoms with van der Waals surface area (Å²) in [5.74, 6) is -8.08. The van der Waals surface area contributed by atoms with Crippen molar-refractivity contribution in [1.29, 1.82) is 0 Å². The summed E-state index contributed by atoms with van der Waals surface area (Å²) in [5.41, 5.74) is 5.31. The average Bonchev–Trinajstić information content (AvgIpc) is 2.61. The lowest BCUT2D eigenvalue weighted by molar-refractivity contribution is -0.147. The van der Waals surface area contributed by atoms with E-state index in [0.717, 1.165) is 0 Å². The van der Waals surface area contributed by atoms with E-state index in [1.165, 1.54) is 0 Å². The molecular weight excluding hydrogens is 400 g/mol. The second-order valence-electron chi connectivity index (χ2n) is 5.69. The molecule has 0 rings (SSSR count). The largest absolute Gasteiger partial charge is 0.481 e. The molecule has 4 unspecified atom stereocenters. The fourth-order valence-corrected chi connectivity index (χ4v) is 1.87. The third-order valence-corrected chi connectivity index (χ3v) is 3.36. The summed E-state index contributed by atoms with van der Waals surface area (Å²) in [6.07, 6.45) is -1.72. The summed E-state index contributed by atoms with van der Waals surface area (Å²) < 4.78 is 0. The standard InChI is InChI=1S/C14H22N4O11/c15-5(1-9(21)22)11(25)17-7(3-19)13(27)18-8(4-20)12(26)16-6(14(28)29)2-10(23)24/h5-8,19-20H,1-4,15H2,(H,16,26)(H,17,25)(H,18,27)(H,21,22)(H,23,24)(H,28,29). The van der Waals surface area contributed by atoms with Crippen molar-refractivity contribution < 1.29 is 54.3 Å². The third kappa shape index (κ3) is 9.45. The first-order chi connectivity index (χ1) is 13.4. The van der Waals surface area contributed by atoms with Gasteiger partial charge in [-0.05, 0) is 0 Å². The van der Waals surface area contributed by atoms with E-state index in [0.29, 0.717) is 0 Å². The van der Waals surface area contributed by atoms with Crippen molar-refractivity contribution >= 4 is 35.6 Å². The van der Waals surface area contributed by atoms with Crippen molar-refractivity contribution in [2.24, 2.45) is 5.73 Å². The zero-order valence-electron chi connectivity index (χ0n) is 14.9. The van der Waals surface area contributed by atoms with Gasteiger partial charge >= 0.3 is 17.9 Å². The number of aliphatic carboxylic acids is 3. The first kappa shape index (κ1) is 25.7. The molecule has 0 aromatic rings. The van der Waals surface area contributed by atoms with Crippen LogP contribution in [0.3, 0.4) is 0 Å². The zero-order chi connectivity index (χ0) is 22.7. The molecule has 0 aliphatic rings. The molecule has 15 heteroatoms. The average molecular weight is 422 g/mol. The molecule has 0 aliphatic carbocycles. The molecule has 10 N–H and O–H groups in total. The second kappa shape index (κ2) is 12.2. The van der Waals surface area contributed by atoms with Crippen LogP contribution in [0.4, 0.5) is 0 Å². The second-order valence-corrected chi connectivity index (χ2v) is 5.69. The molecule has 0 aromatic heterocycles. The van der Waals surface area contributed by atoms with Crippen molar-refractivity contribution in [3.05, 3.63) is 0 Å². The van der Waals surface area contributed by atoms with Crippen LogP contribution in [-0.4, -0.2) is 98.5 Å². The van der Waals surface area contributed by atoms with Crippen molar-refractivity contribution in [3.8, 4) is 0 Å². The number of nitrogens with one attached hydrogen (secondary N) is 3. The number of nitrogens with two attached hydrogens (primary N) is 1. The van der Waals surface area contributed by atoms with Crippen LogP contribution in [0, 0.1) is 0 Å². The molecular formula is C14H22N4O11. The van der Waals surface area contributed by atoms with Crippen LogP contribution in [0.1, 0.15) is 12.8 Å². The van der Waals surface area contributed by atoms with Gasteiger partial charge in [0.25, 0.3) is 0 Å². The molecule has 164 valence electrons. The summed E-state index contributed by atoms with van der Waals surface area (Å²) in [5, 5.41) is 50.2. The minimum absolute atomic E-state index is 0.757. The normalized spacial score (nSPS) is 14.6. The summed E-state index contributed by atoms with van der Waals surface area (Å²) in [6, 6.07) is -6.78. The number of aliphatic hydroxyl groups excluding tert-OH is 2. The predicted octanol–water partition coefficient (Wildman–Crippen LogP) is -5.21. The van der Waals surface area contributed by atoms with E-state index in [1.54, 1.807) is 0 Å². The number of carboxylic acids is 3. The monoisotopic (exact) mass is 422 g/mol. The highest BCUT2D eigenvalue weighted by atomic mass is 16.4. The van der Waals surface area contributed by atoms with Gasteiger partial charge in [0.15, 0.2) is 0 Å². The Balaban J connectivity index is 5.02. The van der Waals surface area contributed by atoms with Gasteiger partial charge in [-0.25, -0.2) is 4.79 Å². The Morgan fingerprint density at radius 3 is 1.38 bits per heavy atom. The number of carbonyl (C=O) groups is 6. The first-order valence-electron chi connectivity index (χ1n) is 7.97. The molecule has 0 aromatic carbocycles. The molecule has 0 spiro atoms. The smallest absolute Gasteiger partial charge is 0.326 e. The minimum Gasteiger partial charge on any atom is -0.481 e. The fraction of sp³-hybridized carbons (Fsp3) is 0.571. The lowest BCUT2D eigenvalue weighted by Crippen LogP contribution is -2.59. The van der Waals surface area contributed by atoms with Crippen LogP contribution in [-0.2, 0) is 28.8 Å². The zero-order valence-corrected chi connectivity index (χ0v) is 14.9. The van der Waals surface area contributed by atoms with Gasteiger partial charge in [-0.2, -0.15) is 0 Å². The molecule has 0 heterocycles. The third-order valence-electron chi connectivity index (χ3n) is 3.36. The number of carbonyl (C=O) groups excluding carboxylic acids is 3. The first-order valence-corrected chi connectivity index (χ1v) is 7.97. The Morgan fingerprint density at radius 2 is 1.03 bits per heavy atom. The van der Waals surface area contributed by atoms with E-state index in [9.17, 15) is 39.0 Å². The molecule has 0 aliphatic heterocycles. The van der Waals surface area contributed by atoms with Crippen LogP contribution >= 0.6 is 0 Å². The molecule has 0 fully saturated rings. The number of rotatable bonds is 13. The summed E-state index contributed by atoms with van der Waals surface area (Å²) >= 11 is 0. The van der Waals surface area contributed by atoms with Crippen molar-refractivity contribution in [2.45, 2.75) is 37.0 Å². The van der Waals surface area contributed by atoms with E-state index < -0.39 is 85.9 Å². The van der Waals surface area contributed by atoms with Gasteiger partial charge in [0.2, 0.25) is 17.7 Å². The van der Waals surface area contributed by atoms with E-state index >= 15 is 0 Å². The Kier molecular flexibility index (Phi) is 10.8. The molecule has 29 heavy (non-hydrogen) atoms. The summed E-state index contributed by atoms with van der Waals surface area (Å²) in [6.45, 7) is -2.00. The minimum atomic E-state index is -1.84. The van der Waals surface area contributed by atoms with Crippen LogP contribution < -0.4 is 21.7 Å². The SMILES string of the molecule is NC(CC(=O)O)C(=O)NC(CO)C(=O)NC(CO)C(=O)NC(CC(=O)O)C(=O)O. The van der Waals surface area contributed by atoms with E-state index in [1.807, 2.05) is 16.0 Å². The van der Waals surface area contributed by atoms with Gasteiger partial charge in [-0.1, -0.05) is 0 Å². The van der Waals surface area contributed by atoms with Crippen LogP contribution in [0.2, 0.25) is 0 Å². The van der Waals surface area contributed by atoms with Crippen LogP contribution in [0.15, 0.2) is 0 Å². The van der Waals surface area contributed by atoms with Gasteiger partial charge < -0.3 is 47.2 Å². The molecule has 0 saturated carbocycles. The van der Waals surface area contributed by atoms with E-state index in [2.05, 4.69) is 0 Å². The molecule has 0 saturated heterocycles. The highest BCUT2D eigenvalue weighted by Crippen LogP contribution is 1.97. The summed E-state index contributed by atoms with van der Waals surface area (Å²) in [4.78, 5) is 67.9. The number of hydrogen-bond donors (Lipinski definition) is 9. The topological polar surface area (TPSA) is 266 Å². The molecule has 0 radical (unpaired) electrons. The Bertz CT molecular complexity index is 653. The lowest BCUT2D eigenvalue weighted by atomic mass is 10.1. The van der Waals surface area contributed by atoms with Gasteiger partial charge in [0.1, 0.15) is 18.1 Å². The highest BCUT2D eigenvalue weighted by molar-refractivity contribution is 5.95. The molecule has 4 atom stereocenters. The van der Waals surface area contributed by atoms with E-state index in [4.69, 9.17) is 21.1 Å². The maximum absolute atomic E-state index is 12.1. The van der Waals surface area contributed by atoms with Gasteiger partial charge in [-0.3, -0.25) is 24.0 Å². The van der Waals surface area contributed by atoms with Crippen molar-refractivity contribution in [2.75, 3.05) is 13.2 Å². The van der Waals surface area contributed by atoms with E-state index in [-0.39, 0.29) is 0 Å². The Labute approximate surface area is 162 Å². The van der Waals surface area contributed by atoms with Crippen LogP contribution in [0.5, 0.6) is 0 Å². The lowest BCUT2D eigenvalue weighted by Gasteiger charge is -2.22. The van der Waals surface area contributed by atoms with Gasteiger partial charge in [-0.15, -0.1) is 0 Å². The van der Waals surface area contributed by atoms with Gasteiger partial charge in [0, 0.05) is 0 Å². The molecule has 3 amide bonds.